The zero-order chi connectivity index (χ0) is 24.3. The highest BCUT2D eigenvalue weighted by Gasteiger charge is 2.29. The zero-order valence-corrected chi connectivity index (χ0v) is 19.3. The van der Waals surface area contributed by atoms with E-state index in [1.54, 1.807) is 25.1 Å². The van der Waals surface area contributed by atoms with E-state index in [-0.39, 0.29) is 16.4 Å². The van der Waals surface area contributed by atoms with E-state index in [2.05, 4.69) is 14.7 Å². The largest absolute Gasteiger partial charge is 0.465 e. The average molecular weight is 483 g/mol. The summed E-state index contributed by atoms with van der Waals surface area (Å²) < 4.78 is 40.9. The SMILES string of the molecule is COC(=O)c1ccc(OC(=O)c2oc3c(c2C)/C(=N/NS(=O)(=O)c2ccccc2)CCC3)cc1. The van der Waals surface area contributed by atoms with Crippen LogP contribution in [0.2, 0.25) is 0 Å². The molecule has 1 aliphatic rings. The van der Waals surface area contributed by atoms with Gasteiger partial charge in [0, 0.05) is 17.5 Å². The number of aryl methyl sites for hydroxylation is 1. The summed E-state index contributed by atoms with van der Waals surface area (Å²) in [6.07, 6.45) is 1.80. The minimum Gasteiger partial charge on any atom is -0.465 e. The van der Waals surface area contributed by atoms with Crippen molar-refractivity contribution in [1.82, 2.24) is 4.83 Å². The Balaban J connectivity index is 1.56. The lowest BCUT2D eigenvalue weighted by molar-refractivity contribution is 0.0600. The van der Waals surface area contributed by atoms with Crippen LogP contribution >= 0.6 is 0 Å². The molecule has 0 radical (unpaired) electrons. The molecule has 34 heavy (non-hydrogen) atoms. The van der Waals surface area contributed by atoms with Gasteiger partial charge in [-0.3, -0.25) is 0 Å². The van der Waals surface area contributed by atoms with Crippen LogP contribution < -0.4 is 9.57 Å². The van der Waals surface area contributed by atoms with Crippen molar-refractivity contribution in [3.8, 4) is 5.75 Å². The number of fused-ring (bicyclic) bond motifs is 1. The van der Waals surface area contributed by atoms with Crippen molar-refractivity contribution in [2.45, 2.75) is 31.1 Å². The third-order valence-electron chi connectivity index (χ3n) is 5.35. The molecule has 1 aliphatic carbocycles. The number of carbonyl (C=O) groups is 2. The number of furan rings is 1. The number of hydrogen-bond acceptors (Lipinski definition) is 8. The standard InChI is InChI=1S/C24H22N2O7S/c1-15-21-19(25-26-34(29,30)18-7-4-3-5-8-18)9-6-10-20(21)33-22(15)24(28)32-17-13-11-16(12-14-17)23(27)31-2/h3-5,7-8,11-14,26H,6,9-10H2,1-2H3/b25-19+. The zero-order valence-electron chi connectivity index (χ0n) is 18.5. The van der Waals surface area contributed by atoms with Gasteiger partial charge in [-0.05, 0) is 56.2 Å². The molecule has 9 nitrogen and oxygen atoms in total. The van der Waals surface area contributed by atoms with Gasteiger partial charge in [0.05, 0.1) is 23.3 Å². The molecule has 0 saturated carbocycles. The van der Waals surface area contributed by atoms with Gasteiger partial charge >= 0.3 is 11.9 Å². The first-order valence-corrected chi connectivity index (χ1v) is 11.9. The van der Waals surface area contributed by atoms with Crippen molar-refractivity contribution in [3.63, 3.8) is 0 Å². The maximum atomic E-state index is 12.8. The lowest BCUT2D eigenvalue weighted by atomic mass is 9.93. The molecule has 10 heteroatoms. The summed E-state index contributed by atoms with van der Waals surface area (Å²) in [5.41, 5.74) is 1.94. The summed E-state index contributed by atoms with van der Waals surface area (Å²) >= 11 is 0. The fourth-order valence-corrected chi connectivity index (χ4v) is 4.52. The first-order valence-electron chi connectivity index (χ1n) is 10.5. The number of nitrogens with one attached hydrogen (secondary N) is 1. The summed E-state index contributed by atoms with van der Waals surface area (Å²) in [5, 5.41) is 4.15. The molecule has 1 aromatic heterocycles. The lowest BCUT2D eigenvalue weighted by Crippen LogP contribution is -2.22. The Morgan fingerprint density at radius 3 is 2.38 bits per heavy atom. The summed E-state index contributed by atoms with van der Waals surface area (Å²) in [6, 6.07) is 13.9. The number of ether oxygens (including phenoxy) is 2. The maximum absolute atomic E-state index is 12.8. The minimum absolute atomic E-state index is 0.0163. The molecular formula is C24H22N2O7S. The molecule has 1 heterocycles. The van der Waals surface area contributed by atoms with Crippen LogP contribution in [-0.4, -0.2) is 33.2 Å². The van der Waals surface area contributed by atoms with Crippen LogP contribution in [0, 0.1) is 6.92 Å². The van der Waals surface area contributed by atoms with E-state index in [4.69, 9.17) is 9.15 Å². The molecule has 0 saturated heterocycles. The van der Waals surface area contributed by atoms with Gasteiger partial charge < -0.3 is 13.9 Å². The van der Waals surface area contributed by atoms with Gasteiger partial charge in [0.2, 0.25) is 5.76 Å². The normalized spacial score (nSPS) is 14.4. The van der Waals surface area contributed by atoms with Gasteiger partial charge in [0.25, 0.3) is 10.0 Å². The van der Waals surface area contributed by atoms with Gasteiger partial charge in [-0.1, -0.05) is 18.2 Å². The second-order valence-corrected chi connectivity index (χ2v) is 9.24. The Kier molecular flexibility index (Phi) is 6.51. The second kappa shape index (κ2) is 9.52. The number of nitrogens with zero attached hydrogens (tertiary/aromatic N) is 1. The van der Waals surface area contributed by atoms with Crippen molar-refractivity contribution in [2.75, 3.05) is 7.11 Å². The van der Waals surface area contributed by atoms with E-state index in [1.165, 1.54) is 43.5 Å². The average Bonchev–Trinajstić information content (AvgIpc) is 3.20. The minimum atomic E-state index is -3.83. The highest BCUT2D eigenvalue weighted by molar-refractivity contribution is 7.89. The molecule has 0 amide bonds. The number of esters is 2. The summed E-state index contributed by atoms with van der Waals surface area (Å²) in [6.45, 7) is 1.70. The third kappa shape index (κ3) is 4.72. The number of hydrazone groups is 1. The Morgan fingerprint density at radius 2 is 1.71 bits per heavy atom. The monoisotopic (exact) mass is 482 g/mol. The van der Waals surface area contributed by atoms with E-state index in [1.807, 2.05) is 0 Å². The lowest BCUT2D eigenvalue weighted by Gasteiger charge is -2.14. The maximum Gasteiger partial charge on any atom is 0.379 e. The Morgan fingerprint density at radius 1 is 1.00 bits per heavy atom. The van der Waals surface area contributed by atoms with E-state index in [9.17, 15) is 18.0 Å². The number of sulfonamides is 1. The number of methoxy groups -OCH3 is 1. The smallest absolute Gasteiger partial charge is 0.379 e. The van der Waals surface area contributed by atoms with Crippen LogP contribution in [0.3, 0.4) is 0 Å². The van der Waals surface area contributed by atoms with E-state index in [0.717, 1.165) is 0 Å². The topological polar surface area (TPSA) is 124 Å². The van der Waals surface area contributed by atoms with E-state index >= 15 is 0 Å². The Bertz CT molecular complexity index is 1360. The number of carbonyl (C=O) groups excluding carboxylic acids is 2. The molecule has 0 bridgehead atoms. The summed E-state index contributed by atoms with van der Waals surface area (Å²) in [7, 11) is -2.55. The third-order valence-corrected chi connectivity index (χ3v) is 6.58. The number of hydrogen-bond donors (Lipinski definition) is 1. The fraction of sp³-hybridized carbons (Fsp3) is 0.208. The van der Waals surface area contributed by atoms with Crippen molar-refractivity contribution in [1.29, 1.82) is 0 Å². The van der Waals surface area contributed by atoms with Gasteiger partial charge in [0.1, 0.15) is 11.5 Å². The molecule has 4 rings (SSSR count). The van der Waals surface area contributed by atoms with Crippen LogP contribution in [0.1, 0.15) is 50.6 Å². The van der Waals surface area contributed by atoms with Crippen LogP contribution in [0.15, 0.2) is 69.0 Å². The predicted molar refractivity (Wildman–Crippen MR) is 122 cm³/mol. The van der Waals surface area contributed by atoms with Gasteiger partial charge in [-0.15, -0.1) is 0 Å². The predicted octanol–water partition coefficient (Wildman–Crippen LogP) is 3.61. The highest BCUT2D eigenvalue weighted by atomic mass is 32.2. The van der Waals surface area contributed by atoms with Gasteiger partial charge in [-0.2, -0.15) is 18.4 Å². The van der Waals surface area contributed by atoms with Crippen molar-refractivity contribution in [2.24, 2.45) is 5.10 Å². The van der Waals surface area contributed by atoms with Crippen molar-refractivity contribution >= 4 is 27.7 Å². The molecule has 1 N–H and O–H groups in total. The first-order chi connectivity index (χ1) is 16.3. The van der Waals surface area contributed by atoms with E-state index < -0.39 is 22.0 Å². The molecule has 176 valence electrons. The van der Waals surface area contributed by atoms with Crippen LogP contribution in [0.5, 0.6) is 5.75 Å². The van der Waals surface area contributed by atoms with Crippen molar-refractivity contribution in [3.05, 3.63) is 82.8 Å². The Labute approximate surface area is 196 Å². The molecule has 0 unspecified atom stereocenters. The molecular weight excluding hydrogens is 460 g/mol. The molecule has 0 atom stereocenters. The van der Waals surface area contributed by atoms with Gasteiger partial charge in [0.15, 0.2) is 0 Å². The Hall–Kier alpha value is -3.92. The number of benzene rings is 2. The fourth-order valence-electron chi connectivity index (χ4n) is 3.67. The highest BCUT2D eigenvalue weighted by Crippen LogP contribution is 2.30. The van der Waals surface area contributed by atoms with Crippen LogP contribution in [0.25, 0.3) is 0 Å². The molecule has 3 aromatic rings. The summed E-state index contributed by atoms with van der Waals surface area (Å²) in [4.78, 5) is 26.7. The molecule has 0 spiro atoms. The second-order valence-electron chi connectivity index (χ2n) is 7.58. The number of rotatable bonds is 6. The van der Waals surface area contributed by atoms with Crippen LogP contribution in [0.4, 0.5) is 0 Å². The molecule has 2 aromatic carbocycles. The van der Waals surface area contributed by atoms with E-state index in [0.29, 0.717) is 47.4 Å². The van der Waals surface area contributed by atoms with Gasteiger partial charge in [-0.25, -0.2) is 9.59 Å². The molecule has 0 fully saturated rings. The first kappa shape index (κ1) is 23.2. The molecule has 0 aliphatic heterocycles. The van der Waals surface area contributed by atoms with Crippen LogP contribution in [-0.2, 0) is 21.2 Å². The quantitative estimate of drug-likeness (QED) is 0.323. The summed E-state index contributed by atoms with van der Waals surface area (Å²) in [5.74, 6) is -0.406. The van der Waals surface area contributed by atoms with Crippen molar-refractivity contribution < 1.29 is 31.9 Å².